The predicted octanol–water partition coefficient (Wildman–Crippen LogP) is 2.82. The highest BCUT2D eigenvalue weighted by Crippen LogP contribution is 2.32. The van der Waals surface area contributed by atoms with E-state index in [4.69, 9.17) is 4.74 Å². The van der Waals surface area contributed by atoms with Gasteiger partial charge in [0.25, 0.3) is 0 Å². The Morgan fingerprint density at radius 3 is 2.95 bits per heavy atom. The summed E-state index contributed by atoms with van der Waals surface area (Å²) in [6, 6.07) is 4.59. The van der Waals surface area contributed by atoms with Crippen LogP contribution in [0, 0.1) is 11.7 Å². The second-order valence-corrected chi connectivity index (χ2v) is 6.24. The van der Waals surface area contributed by atoms with E-state index in [1.54, 1.807) is 6.07 Å². The van der Waals surface area contributed by atoms with Crippen LogP contribution in [0.25, 0.3) is 10.2 Å². The molecule has 1 aromatic heterocycles. The molecule has 1 saturated heterocycles. The van der Waals surface area contributed by atoms with E-state index in [2.05, 4.69) is 4.98 Å². The number of nitrogens with zero attached hydrogens (tertiary/aromatic N) is 2. The Kier molecular flexibility index (Phi) is 3.33. The summed E-state index contributed by atoms with van der Waals surface area (Å²) in [5.41, 5.74) is 0.800. The van der Waals surface area contributed by atoms with Crippen LogP contribution in [0.2, 0.25) is 0 Å². The third-order valence-corrected chi connectivity index (χ3v) is 4.29. The largest absolute Gasteiger partial charge is 0.458 e. The molecule has 0 aliphatic carbocycles. The fraction of sp³-hybridized carbons (Fsp3) is 0.429. The molecule has 1 fully saturated rings. The molecule has 106 valence electrons. The van der Waals surface area contributed by atoms with Crippen molar-refractivity contribution < 1.29 is 13.9 Å². The van der Waals surface area contributed by atoms with Gasteiger partial charge in [0, 0.05) is 0 Å². The molecule has 0 N–H and O–H groups in total. The van der Waals surface area contributed by atoms with E-state index in [0.29, 0.717) is 13.1 Å². The summed E-state index contributed by atoms with van der Waals surface area (Å²) in [7, 11) is 0. The van der Waals surface area contributed by atoms with E-state index in [1.165, 1.54) is 23.5 Å². The molecule has 0 unspecified atom stereocenters. The monoisotopic (exact) mass is 294 g/mol. The lowest BCUT2D eigenvalue weighted by molar-refractivity contribution is -0.153. The number of benzene rings is 1. The third kappa shape index (κ3) is 2.47. The van der Waals surface area contributed by atoms with Crippen molar-refractivity contribution in [3.05, 3.63) is 24.0 Å². The molecule has 2 aromatic rings. The van der Waals surface area contributed by atoms with Gasteiger partial charge in [-0.05, 0) is 18.2 Å². The molecule has 1 aromatic carbocycles. The summed E-state index contributed by atoms with van der Waals surface area (Å²) in [6.07, 6.45) is -0.0614. The average Bonchev–Trinajstić information content (AvgIpc) is 2.74. The maximum absolute atomic E-state index is 13.1. The van der Waals surface area contributed by atoms with Gasteiger partial charge >= 0.3 is 5.97 Å². The van der Waals surface area contributed by atoms with Gasteiger partial charge < -0.3 is 9.64 Å². The quantitative estimate of drug-likeness (QED) is 0.816. The van der Waals surface area contributed by atoms with E-state index < -0.39 is 0 Å². The molecule has 0 bridgehead atoms. The zero-order chi connectivity index (χ0) is 14.3. The second kappa shape index (κ2) is 5.01. The molecule has 0 amide bonds. The first kappa shape index (κ1) is 13.3. The predicted molar refractivity (Wildman–Crippen MR) is 76.5 cm³/mol. The van der Waals surface area contributed by atoms with Crippen LogP contribution < -0.4 is 4.90 Å². The van der Waals surface area contributed by atoms with E-state index >= 15 is 0 Å². The summed E-state index contributed by atoms with van der Waals surface area (Å²) < 4.78 is 19.3. The number of hydrogen-bond donors (Lipinski definition) is 0. The number of carbonyl (C=O) groups is 1. The van der Waals surface area contributed by atoms with Crippen LogP contribution in [-0.4, -0.2) is 30.1 Å². The highest BCUT2D eigenvalue weighted by atomic mass is 32.1. The molecule has 1 aliphatic heterocycles. The Hall–Kier alpha value is -1.69. The number of ether oxygens (including phenoxy) is 1. The Morgan fingerprint density at radius 2 is 2.25 bits per heavy atom. The van der Waals surface area contributed by atoms with Gasteiger partial charge in [0.05, 0.1) is 29.2 Å². The summed E-state index contributed by atoms with van der Waals surface area (Å²) in [5, 5.41) is 0.849. The van der Waals surface area contributed by atoms with Crippen LogP contribution >= 0.6 is 11.3 Å². The number of rotatable bonds is 3. The number of carbonyl (C=O) groups excluding carboxylic acids is 1. The normalized spacial score (nSPS) is 15.7. The maximum Gasteiger partial charge on any atom is 0.308 e. The van der Waals surface area contributed by atoms with E-state index in [0.717, 1.165) is 15.3 Å². The van der Waals surface area contributed by atoms with E-state index in [1.807, 2.05) is 18.7 Å². The van der Waals surface area contributed by atoms with Gasteiger partial charge in [-0.25, -0.2) is 9.37 Å². The first-order valence-corrected chi connectivity index (χ1v) is 7.36. The van der Waals surface area contributed by atoms with Crippen LogP contribution in [0.3, 0.4) is 0 Å². The lowest BCUT2D eigenvalue weighted by Gasteiger charge is -2.38. The van der Waals surface area contributed by atoms with Gasteiger partial charge in [0.2, 0.25) is 0 Å². The number of anilines is 1. The van der Waals surface area contributed by atoms with Gasteiger partial charge in [-0.15, -0.1) is 0 Å². The molecule has 0 saturated carbocycles. The van der Waals surface area contributed by atoms with Crippen molar-refractivity contribution in [3.8, 4) is 0 Å². The molecule has 4 nitrogen and oxygen atoms in total. The molecule has 20 heavy (non-hydrogen) atoms. The Bertz CT molecular complexity index is 650. The fourth-order valence-corrected chi connectivity index (χ4v) is 3.00. The first-order valence-electron chi connectivity index (χ1n) is 6.54. The molecule has 2 heterocycles. The maximum atomic E-state index is 13.1. The van der Waals surface area contributed by atoms with Crippen molar-refractivity contribution >= 4 is 32.7 Å². The van der Waals surface area contributed by atoms with Crippen molar-refractivity contribution in [2.24, 2.45) is 5.92 Å². The number of esters is 1. The SMILES string of the molecule is CC(C)C(=O)OC1CN(c2nc3ccc(F)cc3s2)C1. The summed E-state index contributed by atoms with van der Waals surface area (Å²) in [5.74, 6) is -0.518. The van der Waals surface area contributed by atoms with Crippen LogP contribution in [-0.2, 0) is 9.53 Å². The molecule has 0 atom stereocenters. The van der Waals surface area contributed by atoms with Crippen molar-refractivity contribution in [1.29, 1.82) is 0 Å². The number of aromatic nitrogens is 1. The standard InChI is InChI=1S/C14H15FN2O2S/c1-8(2)13(18)19-10-6-17(7-10)14-16-11-4-3-9(15)5-12(11)20-14/h3-5,8,10H,6-7H2,1-2H3. The summed E-state index contributed by atoms with van der Waals surface area (Å²) in [6.45, 7) is 4.95. The molecule has 1 aliphatic rings. The third-order valence-electron chi connectivity index (χ3n) is 3.21. The minimum absolute atomic E-state index is 0.0614. The van der Waals surface area contributed by atoms with Gasteiger partial charge in [0.1, 0.15) is 11.9 Å². The zero-order valence-electron chi connectivity index (χ0n) is 11.3. The van der Waals surface area contributed by atoms with Gasteiger partial charge in [-0.3, -0.25) is 4.79 Å². The number of fused-ring (bicyclic) bond motifs is 1. The molecule has 6 heteroatoms. The summed E-state index contributed by atoms with van der Waals surface area (Å²) in [4.78, 5) is 18.0. The first-order chi connectivity index (χ1) is 9.52. The molecule has 0 spiro atoms. The summed E-state index contributed by atoms with van der Waals surface area (Å²) >= 11 is 1.46. The highest BCUT2D eigenvalue weighted by Gasteiger charge is 2.32. The molecule has 3 rings (SSSR count). The average molecular weight is 294 g/mol. The van der Waals surface area contributed by atoms with Crippen LogP contribution in [0.4, 0.5) is 9.52 Å². The van der Waals surface area contributed by atoms with Crippen LogP contribution in [0.5, 0.6) is 0 Å². The van der Waals surface area contributed by atoms with Gasteiger partial charge in [-0.2, -0.15) is 0 Å². The Labute approximate surface area is 120 Å². The Morgan fingerprint density at radius 1 is 1.50 bits per heavy atom. The number of thiazole rings is 1. The van der Waals surface area contributed by atoms with Crippen molar-refractivity contribution in [2.45, 2.75) is 20.0 Å². The van der Waals surface area contributed by atoms with Gasteiger partial charge in [0.15, 0.2) is 5.13 Å². The topological polar surface area (TPSA) is 42.4 Å². The molecular formula is C14H15FN2O2S. The van der Waals surface area contributed by atoms with Crippen molar-refractivity contribution in [1.82, 2.24) is 4.98 Å². The smallest absolute Gasteiger partial charge is 0.308 e. The number of hydrogen-bond acceptors (Lipinski definition) is 5. The fourth-order valence-electron chi connectivity index (χ4n) is 1.99. The number of halogens is 1. The van der Waals surface area contributed by atoms with Crippen molar-refractivity contribution in [2.75, 3.05) is 18.0 Å². The van der Waals surface area contributed by atoms with Crippen LogP contribution in [0.1, 0.15) is 13.8 Å². The van der Waals surface area contributed by atoms with Crippen molar-refractivity contribution in [3.63, 3.8) is 0 Å². The van der Waals surface area contributed by atoms with Crippen LogP contribution in [0.15, 0.2) is 18.2 Å². The minimum atomic E-state index is -0.250. The molecular weight excluding hydrogens is 279 g/mol. The second-order valence-electron chi connectivity index (χ2n) is 5.23. The zero-order valence-corrected chi connectivity index (χ0v) is 12.1. The lowest BCUT2D eigenvalue weighted by Crippen LogP contribution is -2.53. The minimum Gasteiger partial charge on any atom is -0.458 e. The molecule has 0 radical (unpaired) electrons. The van der Waals surface area contributed by atoms with E-state index in [-0.39, 0.29) is 23.8 Å². The lowest BCUT2D eigenvalue weighted by atomic mass is 10.1. The Balaban J connectivity index is 1.65. The van der Waals surface area contributed by atoms with E-state index in [9.17, 15) is 9.18 Å². The van der Waals surface area contributed by atoms with Gasteiger partial charge in [-0.1, -0.05) is 25.2 Å². The highest BCUT2D eigenvalue weighted by molar-refractivity contribution is 7.22.